The molecule has 3 N–H and O–H groups in total. The molecule has 1 aliphatic heterocycles. The van der Waals surface area contributed by atoms with Gasteiger partial charge in [0.25, 0.3) is 0 Å². The Morgan fingerprint density at radius 1 is 1.17 bits per heavy atom. The number of piperidine rings is 1. The first-order chi connectivity index (χ1) is 14.2. The summed E-state index contributed by atoms with van der Waals surface area (Å²) in [5, 5.41) is 16.2. The molecular weight excluding hydrogens is 388 g/mol. The van der Waals surface area contributed by atoms with Gasteiger partial charge in [-0.25, -0.2) is 9.97 Å². The van der Waals surface area contributed by atoms with Crippen LogP contribution in [0.5, 0.6) is 5.75 Å². The van der Waals surface area contributed by atoms with E-state index in [2.05, 4.69) is 25.8 Å². The van der Waals surface area contributed by atoms with Crippen LogP contribution >= 0.6 is 11.6 Å². The van der Waals surface area contributed by atoms with E-state index in [1.165, 1.54) is 12.8 Å². The molecule has 1 aliphatic rings. The maximum Gasteiger partial charge on any atom is 0.227 e. The lowest BCUT2D eigenvalue weighted by molar-refractivity contribution is 0.220. The minimum atomic E-state index is 0.498. The van der Waals surface area contributed by atoms with Crippen LogP contribution in [0.3, 0.4) is 0 Å². The Hall–Kier alpha value is -2.90. The Kier molecular flexibility index (Phi) is 4.91. The van der Waals surface area contributed by atoms with Crippen molar-refractivity contribution in [3.05, 3.63) is 47.7 Å². The first-order valence-corrected chi connectivity index (χ1v) is 10.1. The molecule has 0 spiro atoms. The number of rotatable bonds is 5. The Balaban J connectivity index is 1.42. The first-order valence-electron chi connectivity index (χ1n) is 9.74. The van der Waals surface area contributed by atoms with Crippen LogP contribution in [0.2, 0.25) is 5.02 Å². The summed E-state index contributed by atoms with van der Waals surface area (Å²) in [5.74, 6) is 1.69. The van der Waals surface area contributed by atoms with Gasteiger partial charge in [0.05, 0.1) is 18.3 Å². The van der Waals surface area contributed by atoms with E-state index in [9.17, 15) is 0 Å². The second-order valence-corrected chi connectivity index (χ2v) is 7.79. The summed E-state index contributed by atoms with van der Waals surface area (Å²) in [6, 6.07) is 9.63. The molecule has 2 aromatic carbocycles. The maximum atomic E-state index is 6.29. The first kappa shape index (κ1) is 18.1. The fourth-order valence-corrected chi connectivity index (χ4v) is 3.88. The molecule has 3 heterocycles. The highest BCUT2D eigenvalue weighted by Gasteiger charge is 2.15. The number of aromatic nitrogens is 4. The van der Waals surface area contributed by atoms with Crippen molar-refractivity contribution in [2.45, 2.75) is 12.8 Å². The molecule has 2 aromatic heterocycles. The Bertz CT molecular complexity index is 1150. The number of halogens is 1. The van der Waals surface area contributed by atoms with Gasteiger partial charge in [0.15, 0.2) is 0 Å². The van der Waals surface area contributed by atoms with Gasteiger partial charge in [-0.3, -0.25) is 5.10 Å². The lowest BCUT2D eigenvalue weighted by Gasteiger charge is -2.23. The number of fused-ring (bicyclic) bond motifs is 2. The molecule has 0 saturated carbocycles. The highest BCUT2D eigenvalue weighted by atomic mass is 35.5. The summed E-state index contributed by atoms with van der Waals surface area (Å²) < 4.78 is 6.14. The number of anilines is 2. The lowest BCUT2D eigenvalue weighted by atomic mass is 10.0. The third-order valence-corrected chi connectivity index (χ3v) is 5.40. The van der Waals surface area contributed by atoms with Crippen LogP contribution in [0.1, 0.15) is 12.8 Å². The molecular formula is C21H21ClN6O. The third kappa shape index (κ3) is 3.97. The van der Waals surface area contributed by atoms with E-state index in [0.29, 0.717) is 29.2 Å². The van der Waals surface area contributed by atoms with Crippen molar-refractivity contribution in [1.29, 1.82) is 0 Å². The number of hydrogen-bond donors (Lipinski definition) is 3. The van der Waals surface area contributed by atoms with E-state index >= 15 is 0 Å². The SMILES string of the molecule is Clc1cc(OCC2CCCNC2)c2nc(Nc3ccc4cn[nH]c4c3)ncc2c1. The van der Waals surface area contributed by atoms with Crippen LogP contribution in [0.25, 0.3) is 21.8 Å². The Morgan fingerprint density at radius 3 is 3.03 bits per heavy atom. The highest BCUT2D eigenvalue weighted by molar-refractivity contribution is 6.31. The van der Waals surface area contributed by atoms with Crippen molar-refractivity contribution in [2.75, 3.05) is 25.0 Å². The number of nitrogens with zero attached hydrogens (tertiary/aromatic N) is 3. The third-order valence-electron chi connectivity index (χ3n) is 5.18. The normalized spacial score (nSPS) is 16.9. The molecule has 4 aromatic rings. The predicted octanol–water partition coefficient (Wildman–Crippen LogP) is 4.28. The van der Waals surface area contributed by atoms with E-state index in [4.69, 9.17) is 21.3 Å². The van der Waals surface area contributed by atoms with Gasteiger partial charge in [-0.15, -0.1) is 0 Å². The van der Waals surface area contributed by atoms with E-state index < -0.39 is 0 Å². The zero-order valence-corrected chi connectivity index (χ0v) is 16.5. The van der Waals surface area contributed by atoms with E-state index in [0.717, 1.165) is 40.6 Å². The fraction of sp³-hybridized carbons (Fsp3) is 0.286. The molecule has 148 valence electrons. The summed E-state index contributed by atoms with van der Waals surface area (Å²) >= 11 is 6.29. The largest absolute Gasteiger partial charge is 0.491 e. The summed E-state index contributed by atoms with van der Waals surface area (Å²) in [6.45, 7) is 2.71. The predicted molar refractivity (Wildman–Crippen MR) is 115 cm³/mol. The van der Waals surface area contributed by atoms with E-state index in [1.807, 2.05) is 30.3 Å². The van der Waals surface area contributed by atoms with Gasteiger partial charge in [-0.05, 0) is 43.7 Å². The molecule has 1 unspecified atom stereocenters. The number of benzene rings is 2. The number of aromatic amines is 1. The second kappa shape index (κ2) is 7.85. The fourth-order valence-electron chi connectivity index (χ4n) is 3.67. The highest BCUT2D eigenvalue weighted by Crippen LogP contribution is 2.30. The smallest absolute Gasteiger partial charge is 0.227 e. The van der Waals surface area contributed by atoms with Crippen molar-refractivity contribution in [3.8, 4) is 5.75 Å². The molecule has 1 saturated heterocycles. The molecule has 29 heavy (non-hydrogen) atoms. The van der Waals surface area contributed by atoms with Crippen LogP contribution in [0.4, 0.5) is 11.6 Å². The average Bonchev–Trinajstić information content (AvgIpc) is 3.21. The van der Waals surface area contributed by atoms with Crippen molar-refractivity contribution in [1.82, 2.24) is 25.5 Å². The van der Waals surface area contributed by atoms with Gasteiger partial charge in [0.2, 0.25) is 5.95 Å². The molecule has 0 amide bonds. The Labute approximate surface area is 172 Å². The van der Waals surface area contributed by atoms with Crippen LogP contribution in [-0.4, -0.2) is 39.9 Å². The van der Waals surface area contributed by atoms with Crippen molar-refractivity contribution >= 4 is 45.0 Å². The zero-order chi connectivity index (χ0) is 19.6. The van der Waals surface area contributed by atoms with Crippen molar-refractivity contribution in [2.24, 2.45) is 5.92 Å². The van der Waals surface area contributed by atoms with Crippen LogP contribution in [0, 0.1) is 5.92 Å². The number of ether oxygens (including phenoxy) is 1. The minimum Gasteiger partial charge on any atom is -0.491 e. The van der Waals surface area contributed by atoms with Crippen LogP contribution < -0.4 is 15.4 Å². The molecule has 1 fully saturated rings. The topological polar surface area (TPSA) is 87.8 Å². The maximum absolute atomic E-state index is 6.29. The molecule has 0 radical (unpaired) electrons. The second-order valence-electron chi connectivity index (χ2n) is 7.36. The lowest BCUT2D eigenvalue weighted by Crippen LogP contribution is -2.33. The van der Waals surface area contributed by atoms with Crippen molar-refractivity contribution < 1.29 is 4.74 Å². The van der Waals surface area contributed by atoms with Crippen molar-refractivity contribution in [3.63, 3.8) is 0 Å². The Morgan fingerprint density at radius 2 is 2.14 bits per heavy atom. The van der Waals surface area contributed by atoms with Crippen LogP contribution in [-0.2, 0) is 0 Å². The van der Waals surface area contributed by atoms with Gasteiger partial charge in [0, 0.05) is 46.2 Å². The van der Waals surface area contributed by atoms with Gasteiger partial charge in [-0.1, -0.05) is 11.6 Å². The summed E-state index contributed by atoms with van der Waals surface area (Å²) in [4.78, 5) is 9.13. The molecule has 0 aliphatic carbocycles. The summed E-state index contributed by atoms with van der Waals surface area (Å²) in [5.41, 5.74) is 2.58. The van der Waals surface area contributed by atoms with Gasteiger partial charge in [0.1, 0.15) is 11.3 Å². The monoisotopic (exact) mass is 408 g/mol. The summed E-state index contributed by atoms with van der Waals surface area (Å²) in [7, 11) is 0. The number of nitrogens with one attached hydrogen (secondary N) is 3. The summed E-state index contributed by atoms with van der Waals surface area (Å²) in [6.07, 6.45) is 5.91. The minimum absolute atomic E-state index is 0.498. The molecule has 8 heteroatoms. The van der Waals surface area contributed by atoms with Gasteiger partial charge in [-0.2, -0.15) is 5.10 Å². The molecule has 0 bridgehead atoms. The quantitative estimate of drug-likeness (QED) is 0.456. The van der Waals surface area contributed by atoms with Gasteiger partial charge >= 0.3 is 0 Å². The molecule has 5 rings (SSSR count). The van der Waals surface area contributed by atoms with Crippen LogP contribution in [0.15, 0.2) is 42.7 Å². The standard InChI is InChI=1S/C21H21ClN6O/c22-16-6-15-10-24-21(26-17-4-3-14-11-25-28-18(14)8-17)27-20(15)19(7-16)29-12-13-2-1-5-23-9-13/h3-4,6-8,10-11,13,23H,1-2,5,9,12H2,(H,25,28)(H,24,26,27). The molecule has 7 nitrogen and oxygen atoms in total. The zero-order valence-electron chi connectivity index (χ0n) is 15.8. The van der Waals surface area contributed by atoms with Gasteiger partial charge < -0.3 is 15.4 Å². The number of hydrogen-bond acceptors (Lipinski definition) is 6. The molecule has 1 atom stereocenters. The van der Waals surface area contributed by atoms with E-state index in [1.54, 1.807) is 12.4 Å². The van der Waals surface area contributed by atoms with E-state index in [-0.39, 0.29) is 0 Å². The number of H-pyrrole nitrogens is 1. The average molecular weight is 409 g/mol.